The van der Waals surface area contributed by atoms with E-state index in [0.717, 1.165) is 11.3 Å². The number of carboxylic acids is 1. The highest BCUT2D eigenvalue weighted by Crippen LogP contribution is 2.37. The van der Waals surface area contributed by atoms with Crippen LogP contribution >= 0.6 is 11.8 Å². The molecule has 0 atom stereocenters. The lowest BCUT2D eigenvalue weighted by Crippen LogP contribution is -2.37. The lowest BCUT2D eigenvalue weighted by atomic mass is 10.1. The fraction of sp³-hybridized carbons (Fsp3) is 0. The molecule has 1 N–H and O–H groups in total. The number of aromatic carboxylic acids is 1. The maximum absolute atomic E-state index is 12.6. The number of aliphatic imine (C=N–C) groups is 1. The summed E-state index contributed by atoms with van der Waals surface area (Å²) >= 11 is 1.30. The van der Waals surface area contributed by atoms with Gasteiger partial charge in [-0.05, 0) is 29.3 Å². The molecule has 0 bridgehead atoms. The molecular weight excluding hydrogens is 426 g/mol. The van der Waals surface area contributed by atoms with E-state index in [0.29, 0.717) is 22.3 Å². The van der Waals surface area contributed by atoms with Crippen molar-refractivity contribution in [2.75, 3.05) is 0 Å². The average molecular weight is 440 g/mol. The van der Waals surface area contributed by atoms with Gasteiger partial charge in [0.2, 0.25) is 0 Å². The third kappa shape index (κ3) is 3.46. The van der Waals surface area contributed by atoms with E-state index in [1.807, 2.05) is 35.7 Å². The van der Waals surface area contributed by atoms with E-state index in [1.54, 1.807) is 29.2 Å². The molecule has 3 heterocycles. The molecule has 2 aromatic carbocycles. The van der Waals surface area contributed by atoms with Crippen molar-refractivity contribution in [3.8, 4) is 11.3 Å². The number of amidine groups is 2. The topological polar surface area (TPSA) is 110 Å². The lowest BCUT2D eigenvalue weighted by Gasteiger charge is -2.26. The van der Waals surface area contributed by atoms with Crippen LogP contribution in [-0.4, -0.2) is 27.8 Å². The Kier molecular flexibility index (Phi) is 4.84. The van der Waals surface area contributed by atoms with Gasteiger partial charge in [0.1, 0.15) is 17.4 Å². The normalized spacial score (nSPS) is 16.8. The number of amides is 1. The molecule has 3 aromatic rings. The van der Waals surface area contributed by atoms with Gasteiger partial charge in [-0.2, -0.15) is 4.99 Å². The summed E-state index contributed by atoms with van der Waals surface area (Å²) in [4.78, 5) is 29.3. The van der Waals surface area contributed by atoms with Crippen LogP contribution in [0.15, 0.2) is 87.1 Å². The highest BCUT2D eigenvalue weighted by atomic mass is 32.2. The molecule has 0 saturated heterocycles. The number of nitrogens with zero attached hydrogens (tertiary/aromatic N) is 2. The number of carbonyl (C=O) groups excluding carboxylic acids is 2. The van der Waals surface area contributed by atoms with Crippen molar-refractivity contribution in [2.45, 2.75) is 0 Å². The van der Waals surface area contributed by atoms with Gasteiger partial charge >= 0.3 is 0 Å². The number of hydrogen-bond acceptors (Lipinski definition) is 6. The highest BCUT2D eigenvalue weighted by molar-refractivity contribution is 8.17. The van der Waals surface area contributed by atoms with Crippen molar-refractivity contribution >= 4 is 46.4 Å². The minimum absolute atomic E-state index is 0.0244. The van der Waals surface area contributed by atoms with Crippen molar-refractivity contribution in [3.05, 3.63) is 94.6 Å². The van der Waals surface area contributed by atoms with Crippen LogP contribution in [-0.2, 0) is 4.79 Å². The molecule has 8 heteroatoms. The Hall–Kier alpha value is -4.17. The summed E-state index contributed by atoms with van der Waals surface area (Å²) < 4.78 is 5.82. The van der Waals surface area contributed by atoms with Crippen LogP contribution in [0.4, 0.5) is 0 Å². The number of benzene rings is 2. The Bertz CT molecular complexity index is 1350. The minimum atomic E-state index is -1.25. The zero-order valence-corrected chi connectivity index (χ0v) is 17.3. The van der Waals surface area contributed by atoms with Crippen molar-refractivity contribution < 1.29 is 19.1 Å². The molecular formula is C24H14N3O4S-. The SMILES string of the molecule is N=C1/C(=C\c2ccc(-c3ccc(C(=O)[O-])cc3)o2)C(=O)N=C2SC=C(c3ccccc3)N12. The van der Waals surface area contributed by atoms with Gasteiger partial charge in [-0.25, -0.2) is 0 Å². The summed E-state index contributed by atoms with van der Waals surface area (Å²) in [7, 11) is 0. The zero-order chi connectivity index (χ0) is 22.2. The molecule has 2 aliphatic rings. The first-order chi connectivity index (χ1) is 15.5. The van der Waals surface area contributed by atoms with Crippen molar-refractivity contribution in [2.24, 2.45) is 4.99 Å². The van der Waals surface area contributed by atoms with E-state index in [2.05, 4.69) is 4.99 Å². The van der Waals surface area contributed by atoms with Gasteiger partial charge < -0.3 is 14.3 Å². The summed E-state index contributed by atoms with van der Waals surface area (Å²) in [6.45, 7) is 0. The number of carboxylic acid groups (broad SMARTS) is 1. The number of thioether (sulfide) groups is 1. The predicted molar refractivity (Wildman–Crippen MR) is 120 cm³/mol. The summed E-state index contributed by atoms with van der Waals surface area (Å²) in [5.41, 5.74) is 2.57. The maximum atomic E-state index is 12.6. The van der Waals surface area contributed by atoms with Crippen LogP contribution in [0.25, 0.3) is 23.1 Å². The van der Waals surface area contributed by atoms with Crippen molar-refractivity contribution in [3.63, 3.8) is 0 Å². The summed E-state index contributed by atoms with van der Waals surface area (Å²) in [6, 6.07) is 19.1. The molecule has 5 rings (SSSR count). The Balaban J connectivity index is 1.45. The molecule has 2 aliphatic heterocycles. The first kappa shape index (κ1) is 19.8. The van der Waals surface area contributed by atoms with Crippen LogP contribution in [0.1, 0.15) is 21.7 Å². The quantitative estimate of drug-likeness (QED) is 0.621. The van der Waals surface area contributed by atoms with Gasteiger partial charge in [0, 0.05) is 11.0 Å². The largest absolute Gasteiger partial charge is 0.545 e. The van der Waals surface area contributed by atoms with Crippen LogP contribution in [0, 0.1) is 5.41 Å². The van der Waals surface area contributed by atoms with E-state index in [-0.39, 0.29) is 17.0 Å². The first-order valence-corrected chi connectivity index (χ1v) is 10.5. The van der Waals surface area contributed by atoms with E-state index >= 15 is 0 Å². The van der Waals surface area contributed by atoms with E-state index < -0.39 is 11.9 Å². The number of furan rings is 1. The number of fused-ring (bicyclic) bond motifs is 1. The fourth-order valence-corrected chi connectivity index (χ4v) is 4.30. The average Bonchev–Trinajstić information content (AvgIpc) is 3.44. The van der Waals surface area contributed by atoms with Crippen LogP contribution in [0.2, 0.25) is 0 Å². The minimum Gasteiger partial charge on any atom is -0.545 e. The van der Waals surface area contributed by atoms with E-state index in [9.17, 15) is 14.7 Å². The standard InChI is InChI=1S/C24H15N3O4S/c25-21-18(12-17-10-11-20(31-17)15-6-8-16(9-7-15)23(29)30)22(28)26-24-27(21)19(13-32-24)14-4-2-1-3-5-14/h1-13,25H,(H,29,30)/p-1/b18-12+,25-21?. The molecule has 0 radical (unpaired) electrons. The molecule has 0 fully saturated rings. The fourth-order valence-electron chi connectivity index (χ4n) is 3.41. The van der Waals surface area contributed by atoms with Crippen LogP contribution in [0.5, 0.6) is 0 Å². The molecule has 0 saturated carbocycles. The first-order valence-electron chi connectivity index (χ1n) is 9.59. The predicted octanol–water partition coefficient (Wildman–Crippen LogP) is 3.61. The Morgan fingerprint density at radius 1 is 1.03 bits per heavy atom. The van der Waals surface area contributed by atoms with E-state index in [4.69, 9.17) is 9.83 Å². The van der Waals surface area contributed by atoms with Gasteiger partial charge in [0.25, 0.3) is 5.91 Å². The number of nitrogens with one attached hydrogen (secondary N) is 1. The van der Waals surface area contributed by atoms with Crippen LogP contribution < -0.4 is 5.11 Å². The highest BCUT2D eigenvalue weighted by Gasteiger charge is 2.36. The molecule has 32 heavy (non-hydrogen) atoms. The molecule has 0 unspecified atom stereocenters. The monoisotopic (exact) mass is 440 g/mol. The summed E-state index contributed by atoms with van der Waals surface area (Å²) in [5.74, 6) is -0.848. The van der Waals surface area contributed by atoms with Gasteiger partial charge in [-0.3, -0.25) is 15.1 Å². The van der Waals surface area contributed by atoms with Crippen molar-refractivity contribution in [1.29, 1.82) is 5.41 Å². The molecule has 0 aliphatic carbocycles. The van der Waals surface area contributed by atoms with E-state index in [1.165, 1.54) is 30.0 Å². The van der Waals surface area contributed by atoms with Gasteiger partial charge in [-0.1, -0.05) is 66.4 Å². The Morgan fingerprint density at radius 2 is 1.78 bits per heavy atom. The van der Waals surface area contributed by atoms with Crippen LogP contribution in [0.3, 0.4) is 0 Å². The smallest absolute Gasteiger partial charge is 0.283 e. The van der Waals surface area contributed by atoms with Gasteiger partial charge in [0.05, 0.1) is 17.2 Å². The molecule has 7 nitrogen and oxygen atoms in total. The lowest BCUT2D eigenvalue weighted by molar-refractivity contribution is -0.255. The second-order valence-corrected chi connectivity index (χ2v) is 7.83. The summed E-state index contributed by atoms with van der Waals surface area (Å²) in [5, 5.41) is 21.9. The van der Waals surface area contributed by atoms with Gasteiger partial charge in [0.15, 0.2) is 5.17 Å². The third-order valence-electron chi connectivity index (χ3n) is 5.00. The number of carbonyl (C=O) groups is 2. The zero-order valence-electron chi connectivity index (χ0n) is 16.4. The van der Waals surface area contributed by atoms with Crippen molar-refractivity contribution in [1.82, 2.24) is 4.90 Å². The summed E-state index contributed by atoms with van der Waals surface area (Å²) in [6.07, 6.45) is 1.50. The molecule has 0 spiro atoms. The Labute approximate surface area is 186 Å². The Morgan fingerprint density at radius 3 is 2.50 bits per heavy atom. The third-order valence-corrected chi connectivity index (χ3v) is 5.83. The maximum Gasteiger partial charge on any atom is 0.283 e. The van der Waals surface area contributed by atoms with Gasteiger partial charge in [-0.15, -0.1) is 0 Å². The molecule has 1 aromatic heterocycles. The molecule has 156 valence electrons. The number of hydrogen-bond donors (Lipinski definition) is 1. The second-order valence-electron chi connectivity index (χ2n) is 7.00. The second kappa shape index (κ2) is 7.82. The number of rotatable bonds is 4. The molecule has 1 amide bonds.